The molecule has 0 atom stereocenters. The van der Waals surface area contributed by atoms with E-state index in [0.717, 1.165) is 17.9 Å². The number of nitrogens with zero attached hydrogens (tertiary/aromatic N) is 2. The third kappa shape index (κ3) is 3.63. The number of hydrogen-bond donors (Lipinski definition) is 1. The van der Waals surface area contributed by atoms with Gasteiger partial charge in [-0.3, -0.25) is 0 Å². The van der Waals surface area contributed by atoms with Gasteiger partial charge in [0.25, 0.3) is 0 Å². The van der Waals surface area contributed by atoms with Gasteiger partial charge in [0.1, 0.15) is 5.82 Å². The average molecular weight is 311 g/mol. The molecule has 4 heteroatoms. The minimum Gasteiger partial charge on any atom is -0.481 e. The van der Waals surface area contributed by atoms with E-state index < -0.39 is 0 Å². The Balaban J connectivity index is 1.60. The van der Waals surface area contributed by atoms with Crippen molar-refractivity contribution in [3.05, 3.63) is 47.3 Å². The molecule has 1 saturated carbocycles. The largest absolute Gasteiger partial charge is 0.481 e. The first-order valence-electron chi connectivity index (χ1n) is 8.37. The van der Waals surface area contributed by atoms with E-state index in [0.29, 0.717) is 17.7 Å². The summed E-state index contributed by atoms with van der Waals surface area (Å²) in [5.74, 6) is 2.75. The molecule has 2 aromatic rings. The lowest BCUT2D eigenvalue weighted by Gasteiger charge is -2.29. The van der Waals surface area contributed by atoms with Crippen molar-refractivity contribution >= 4 is 5.82 Å². The third-order valence-electron chi connectivity index (χ3n) is 5.00. The highest BCUT2D eigenvalue weighted by molar-refractivity contribution is 5.38. The molecule has 1 aliphatic carbocycles. The lowest BCUT2D eigenvalue weighted by Crippen LogP contribution is -2.16. The highest BCUT2D eigenvalue weighted by Gasteiger charge is 2.23. The minimum absolute atomic E-state index is 0.620. The smallest absolute Gasteiger partial charge is 0.215 e. The molecule has 3 rings (SSSR count). The second kappa shape index (κ2) is 6.99. The molecule has 122 valence electrons. The van der Waals surface area contributed by atoms with Crippen LogP contribution in [0.4, 0.5) is 5.82 Å². The second-order valence-electron chi connectivity index (χ2n) is 6.56. The average Bonchev–Trinajstić information content (AvgIpc) is 2.57. The first kappa shape index (κ1) is 15.8. The lowest BCUT2D eigenvalue weighted by molar-refractivity contribution is 0.323. The van der Waals surface area contributed by atoms with Crippen LogP contribution in [0.2, 0.25) is 0 Å². The Morgan fingerprint density at radius 2 is 2.00 bits per heavy atom. The summed E-state index contributed by atoms with van der Waals surface area (Å²) < 4.78 is 5.25. The molecule has 0 amide bonds. The highest BCUT2D eigenvalue weighted by Crippen LogP contribution is 2.38. The number of ether oxygens (including phenoxy) is 1. The van der Waals surface area contributed by atoms with Crippen LogP contribution in [0.1, 0.15) is 48.3 Å². The van der Waals surface area contributed by atoms with Crippen molar-refractivity contribution in [2.45, 2.75) is 44.9 Å². The maximum Gasteiger partial charge on any atom is 0.215 e. The molecule has 1 aliphatic rings. The predicted molar refractivity (Wildman–Crippen MR) is 92.6 cm³/mol. The monoisotopic (exact) mass is 311 g/mol. The van der Waals surface area contributed by atoms with E-state index in [1.54, 1.807) is 13.3 Å². The SMILES string of the molecule is COc1ncc([C@H]2CC[C@H](Cc3cccnc3N)CC2)cc1C. The zero-order valence-corrected chi connectivity index (χ0v) is 14.0. The van der Waals surface area contributed by atoms with Gasteiger partial charge in [-0.1, -0.05) is 6.07 Å². The molecule has 0 radical (unpaired) electrons. The molecule has 0 saturated heterocycles. The number of pyridine rings is 2. The molecule has 0 aliphatic heterocycles. The number of anilines is 1. The number of nitrogen functional groups attached to an aromatic ring is 1. The number of aromatic nitrogens is 2. The Hall–Kier alpha value is -2.10. The molecule has 4 nitrogen and oxygen atoms in total. The van der Waals surface area contributed by atoms with Crippen LogP contribution in [0.5, 0.6) is 5.88 Å². The second-order valence-corrected chi connectivity index (χ2v) is 6.56. The van der Waals surface area contributed by atoms with Gasteiger partial charge in [0.15, 0.2) is 0 Å². The van der Waals surface area contributed by atoms with Crippen LogP contribution in [0.3, 0.4) is 0 Å². The molecule has 2 aromatic heterocycles. The quantitative estimate of drug-likeness (QED) is 0.930. The summed E-state index contributed by atoms with van der Waals surface area (Å²) >= 11 is 0. The lowest BCUT2D eigenvalue weighted by atomic mass is 9.77. The van der Waals surface area contributed by atoms with E-state index in [2.05, 4.69) is 29.0 Å². The number of nitrogens with two attached hydrogens (primary N) is 1. The van der Waals surface area contributed by atoms with Gasteiger partial charge in [-0.05, 0) is 74.1 Å². The van der Waals surface area contributed by atoms with Gasteiger partial charge in [0.05, 0.1) is 7.11 Å². The van der Waals surface area contributed by atoms with Crippen LogP contribution in [0.25, 0.3) is 0 Å². The highest BCUT2D eigenvalue weighted by atomic mass is 16.5. The molecule has 0 unspecified atom stereocenters. The summed E-state index contributed by atoms with van der Waals surface area (Å²) in [4.78, 5) is 8.61. The van der Waals surface area contributed by atoms with E-state index in [9.17, 15) is 0 Å². The van der Waals surface area contributed by atoms with E-state index in [1.807, 2.05) is 12.3 Å². The number of rotatable bonds is 4. The molecule has 0 aromatic carbocycles. The van der Waals surface area contributed by atoms with Crippen molar-refractivity contribution in [2.24, 2.45) is 5.92 Å². The molecule has 1 fully saturated rings. The van der Waals surface area contributed by atoms with E-state index in [1.165, 1.54) is 36.8 Å². The van der Waals surface area contributed by atoms with Crippen molar-refractivity contribution in [3.8, 4) is 5.88 Å². The van der Waals surface area contributed by atoms with Gasteiger partial charge in [0.2, 0.25) is 5.88 Å². The van der Waals surface area contributed by atoms with Crippen LogP contribution < -0.4 is 10.5 Å². The first-order valence-corrected chi connectivity index (χ1v) is 8.37. The summed E-state index contributed by atoms with van der Waals surface area (Å²) in [6, 6.07) is 6.31. The predicted octanol–water partition coefficient (Wildman–Crippen LogP) is 3.89. The standard InChI is InChI=1S/C19H25N3O/c1-13-10-17(12-22-19(13)23-2)15-7-5-14(6-8-15)11-16-4-3-9-21-18(16)20/h3-4,9-10,12,14-15H,5-8,11H2,1-2H3,(H2,20,21)/t14-,15-. The summed E-state index contributed by atoms with van der Waals surface area (Å²) in [5, 5.41) is 0. The van der Waals surface area contributed by atoms with E-state index in [-0.39, 0.29) is 0 Å². The van der Waals surface area contributed by atoms with Gasteiger partial charge in [-0.25, -0.2) is 9.97 Å². The summed E-state index contributed by atoms with van der Waals surface area (Å²) in [7, 11) is 1.67. The maximum atomic E-state index is 5.97. The van der Waals surface area contributed by atoms with Gasteiger partial charge in [0, 0.05) is 18.0 Å². The van der Waals surface area contributed by atoms with Crippen molar-refractivity contribution in [1.29, 1.82) is 0 Å². The fourth-order valence-electron chi connectivity index (χ4n) is 3.66. The normalized spacial score (nSPS) is 21.1. The third-order valence-corrected chi connectivity index (χ3v) is 5.00. The van der Waals surface area contributed by atoms with Gasteiger partial charge >= 0.3 is 0 Å². The molecular formula is C19H25N3O. The summed E-state index contributed by atoms with van der Waals surface area (Å²) in [6.07, 6.45) is 9.71. The number of hydrogen-bond acceptors (Lipinski definition) is 4. The van der Waals surface area contributed by atoms with Crippen LogP contribution >= 0.6 is 0 Å². The minimum atomic E-state index is 0.620. The summed E-state index contributed by atoms with van der Waals surface area (Å²) in [6.45, 7) is 2.06. The fraction of sp³-hybridized carbons (Fsp3) is 0.474. The van der Waals surface area contributed by atoms with Crippen molar-refractivity contribution in [3.63, 3.8) is 0 Å². The zero-order chi connectivity index (χ0) is 16.2. The molecular weight excluding hydrogens is 286 g/mol. The Kier molecular flexibility index (Phi) is 4.79. The van der Waals surface area contributed by atoms with Crippen LogP contribution in [-0.2, 0) is 6.42 Å². The van der Waals surface area contributed by atoms with Gasteiger partial charge in [-0.2, -0.15) is 0 Å². The number of aryl methyl sites for hydroxylation is 1. The Bertz CT molecular complexity index is 663. The molecule has 0 bridgehead atoms. The van der Waals surface area contributed by atoms with Gasteiger partial charge < -0.3 is 10.5 Å². The number of methoxy groups -OCH3 is 1. The van der Waals surface area contributed by atoms with Crippen LogP contribution in [0.15, 0.2) is 30.6 Å². The topological polar surface area (TPSA) is 61.0 Å². The zero-order valence-electron chi connectivity index (χ0n) is 14.0. The van der Waals surface area contributed by atoms with Gasteiger partial charge in [-0.15, -0.1) is 0 Å². The van der Waals surface area contributed by atoms with Crippen LogP contribution in [0, 0.1) is 12.8 Å². The van der Waals surface area contributed by atoms with Crippen molar-refractivity contribution < 1.29 is 4.74 Å². The van der Waals surface area contributed by atoms with Crippen molar-refractivity contribution in [1.82, 2.24) is 9.97 Å². The Morgan fingerprint density at radius 1 is 1.22 bits per heavy atom. The van der Waals surface area contributed by atoms with E-state index in [4.69, 9.17) is 10.5 Å². The molecule has 2 N–H and O–H groups in total. The Morgan fingerprint density at radius 3 is 2.65 bits per heavy atom. The van der Waals surface area contributed by atoms with Crippen LogP contribution in [-0.4, -0.2) is 17.1 Å². The van der Waals surface area contributed by atoms with E-state index >= 15 is 0 Å². The Labute approximate surface area is 138 Å². The molecule has 23 heavy (non-hydrogen) atoms. The first-order chi connectivity index (χ1) is 11.2. The molecule has 0 spiro atoms. The molecule has 2 heterocycles. The maximum absolute atomic E-state index is 5.97. The fourth-order valence-corrected chi connectivity index (χ4v) is 3.66. The summed E-state index contributed by atoms with van der Waals surface area (Å²) in [5.41, 5.74) is 9.63. The van der Waals surface area contributed by atoms with Crippen molar-refractivity contribution in [2.75, 3.05) is 12.8 Å².